The average Bonchev–Trinajstić information content (AvgIpc) is 3.03. The molecule has 1 amide bonds. The minimum atomic E-state index is -3.69. The Hall–Kier alpha value is -2.19. The monoisotopic (exact) mass is 367 g/mol. The summed E-state index contributed by atoms with van der Waals surface area (Å²) in [6, 6.07) is 9.62. The van der Waals surface area contributed by atoms with Crippen LogP contribution in [0.2, 0.25) is 0 Å². The van der Waals surface area contributed by atoms with Gasteiger partial charge >= 0.3 is 5.97 Å². The smallest absolute Gasteiger partial charge is 0.326 e. The number of sulfone groups is 1. The van der Waals surface area contributed by atoms with Crippen molar-refractivity contribution in [3.05, 3.63) is 47.3 Å². The molecule has 0 saturated heterocycles. The summed E-state index contributed by atoms with van der Waals surface area (Å²) in [6.07, 6.45) is 0. The van der Waals surface area contributed by atoms with Gasteiger partial charge in [-0.25, -0.2) is 13.2 Å². The van der Waals surface area contributed by atoms with Gasteiger partial charge in [0, 0.05) is 0 Å². The predicted octanol–water partition coefficient (Wildman–Crippen LogP) is 2.42. The van der Waals surface area contributed by atoms with Crippen LogP contribution in [-0.2, 0) is 14.6 Å². The van der Waals surface area contributed by atoms with E-state index < -0.39 is 27.8 Å². The van der Waals surface area contributed by atoms with Crippen LogP contribution in [0.1, 0.15) is 23.5 Å². The van der Waals surface area contributed by atoms with Crippen LogP contribution in [0.15, 0.2) is 51.6 Å². The van der Waals surface area contributed by atoms with Gasteiger partial charge in [0.25, 0.3) is 5.91 Å². The Morgan fingerprint density at radius 3 is 2.25 bits per heavy atom. The van der Waals surface area contributed by atoms with Gasteiger partial charge in [0.15, 0.2) is 0 Å². The van der Waals surface area contributed by atoms with E-state index in [-0.39, 0.29) is 19.9 Å². The number of thiophene rings is 1. The molecule has 0 fully saturated rings. The van der Waals surface area contributed by atoms with Crippen LogP contribution < -0.4 is 5.32 Å². The quantitative estimate of drug-likeness (QED) is 0.817. The SMILES string of the molecule is CC(C)C(NC(=O)c1ccc(S(=O)(=O)c2ccccc2)s1)C(=O)O. The van der Waals surface area contributed by atoms with Gasteiger partial charge in [-0.2, -0.15) is 0 Å². The van der Waals surface area contributed by atoms with Crippen molar-refractivity contribution in [2.24, 2.45) is 5.92 Å². The normalized spacial score (nSPS) is 12.8. The molecule has 0 aliphatic heterocycles. The Labute approximate surface area is 144 Å². The first kappa shape index (κ1) is 18.2. The van der Waals surface area contributed by atoms with Crippen molar-refractivity contribution in [3.8, 4) is 0 Å². The molecular weight excluding hydrogens is 350 g/mol. The molecule has 1 aromatic heterocycles. The number of carboxylic acid groups (broad SMARTS) is 1. The first-order chi connectivity index (χ1) is 11.2. The van der Waals surface area contributed by atoms with Gasteiger partial charge in [-0.05, 0) is 30.2 Å². The van der Waals surface area contributed by atoms with Gasteiger partial charge in [0.2, 0.25) is 9.84 Å². The molecule has 1 atom stereocenters. The highest BCUT2D eigenvalue weighted by Crippen LogP contribution is 2.27. The van der Waals surface area contributed by atoms with E-state index in [2.05, 4.69) is 5.32 Å². The molecule has 2 rings (SSSR count). The number of nitrogens with one attached hydrogen (secondary N) is 1. The highest BCUT2D eigenvalue weighted by atomic mass is 32.2. The molecule has 0 bridgehead atoms. The zero-order valence-electron chi connectivity index (χ0n) is 13.1. The Balaban J connectivity index is 2.25. The maximum atomic E-state index is 12.5. The van der Waals surface area contributed by atoms with Crippen LogP contribution in [0, 0.1) is 5.92 Å². The molecule has 2 aromatic rings. The first-order valence-corrected chi connectivity index (χ1v) is 9.47. The third-order valence-electron chi connectivity index (χ3n) is 3.34. The predicted molar refractivity (Wildman–Crippen MR) is 89.9 cm³/mol. The molecular formula is C16H17NO5S2. The second kappa shape index (κ2) is 7.14. The lowest BCUT2D eigenvalue weighted by Gasteiger charge is -2.17. The van der Waals surface area contributed by atoms with E-state index in [0.717, 1.165) is 11.3 Å². The summed E-state index contributed by atoms with van der Waals surface area (Å²) in [7, 11) is -3.69. The number of carbonyl (C=O) groups is 2. The van der Waals surface area contributed by atoms with Crippen molar-refractivity contribution in [3.63, 3.8) is 0 Å². The summed E-state index contributed by atoms with van der Waals surface area (Å²) in [4.78, 5) is 23.6. The van der Waals surface area contributed by atoms with E-state index in [1.54, 1.807) is 32.0 Å². The molecule has 8 heteroatoms. The zero-order chi connectivity index (χ0) is 17.9. The van der Waals surface area contributed by atoms with Crippen LogP contribution in [0.3, 0.4) is 0 Å². The molecule has 6 nitrogen and oxygen atoms in total. The summed E-state index contributed by atoms with van der Waals surface area (Å²) in [6.45, 7) is 3.36. The van der Waals surface area contributed by atoms with Gasteiger partial charge in [0.1, 0.15) is 10.3 Å². The lowest BCUT2D eigenvalue weighted by Crippen LogP contribution is -2.44. The number of aliphatic carboxylic acids is 1. The largest absolute Gasteiger partial charge is 0.480 e. The molecule has 1 unspecified atom stereocenters. The number of carboxylic acids is 1. The Bertz CT molecular complexity index is 840. The van der Waals surface area contributed by atoms with E-state index in [1.807, 2.05) is 0 Å². The summed E-state index contributed by atoms with van der Waals surface area (Å²) < 4.78 is 25.0. The number of hydrogen-bond donors (Lipinski definition) is 2. The minimum Gasteiger partial charge on any atom is -0.480 e. The second-order valence-electron chi connectivity index (χ2n) is 5.47. The molecule has 0 saturated carbocycles. The highest BCUT2D eigenvalue weighted by Gasteiger charge is 2.26. The molecule has 0 radical (unpaired) electrons. The molecule has 0 spiro atoms. The van der Waals surface area contributed by atoms with E-state index in [4.69, 9.17) is 5.11 Å². The summed E-state index contributed by atoms with van der Waals surface area (Å²) in [5.41, 5.74) is 0. The molecule has 1 heterocycles. The maximum Gasteiger partial charge on any atom is 0.326 e. The molecule has 0 aliphatic carbocycles. The van der Waals surface area contributed by atoms with Crippen molar-refractivity contribution in [2.45, 2.75) is 29.0 Å². The van der Waals surface area contributed by atoms with Crippen LogP contribution in [-0.4, -0.2) is 31.4 Å². The zero-order valence-corrected chi connectivity index (χ0v) is 14.7. The fraction of sp³-hybridized carbons (Fsp3) is 0.250. The van der Waals surface area contributed by atoms with E-state index in [0.29, 0.717) is 0 Å². The maximum absolute atomic E-state index is 12.5. The number of carbonyl (C=O) groups excluding carboxylic acids is 1. The lowest BCUT2D eigenvalue weighted by molar-refractivity contribution is -0.140. The van der Waals surface area contributed by atoms with Crippen LogP contribution in [0.25, 0.3) is 0 Å². The Kier molecular flexibility index (Phi) is 5.40. The third kappa shape index (κ3) is 3.82. The number of hydrogen-bond acceptors (Lipinski definition) is 5. The van der Waals surface area contributed by atoms with Crippen molar-refractivity contribution in [1.82, 2.24) is 5.32 Å². The van der Waals surface area contributed by atoms with Crippen molar-refractivity contribution >= 4 is 33.1 Å². The third-order valence-corrected chi connectivity index (χ3v) is 6.69. The van der Waals surface area contributed by atoms with Gasteiger partial charge in [0.05, 0.1) is 9.77 Å². The molecule has 2 N–H and O–H groups in total. The lowest BCUT2D eigenvalue weighted by atomic mass is 10.0. The minimum absolute atomic E-state index is 0.0373. The van der Waals surface area contributed by atoms with Crippen LogP contribution >= 0.6 is 11.3 Å². The summed E-state index contributed by atoms with van der Waals surface area (Å²) in [5, 5.41) is 11.5. The molecule has 128 valence electrons. The number of rotatable bonds is 6. The van der Waals surface area contributed by atoms with Crippen molar-refractivity contribution in [1.29, 1.82) is 0 Å². The fourth-order valence-electron chi connectivity index (χ4n) is 2.03. The van der Waals surface area contributed by atoms with Crippen molar-refractivity contribution in [2.75, 3.05) is 0 Å². The van der Waals surface area contributed by atoms with E-state index in [9.17, 15) is 18.0 Å². The van der Waals surface area contributed by atoms with Crippen LogP contribution in [0.5, 0.6) is 0 Å². The highest BCUT2D eigenvalue weighted by molar-refractivity contribution is 7.93. The topological polar surface area (TPSA) is 101 Å². The van der Waals surface area contributed by atoms with Gasteiger partial charge in [-0.15, -0.1) is 11.3 Å². The molecule has 0 aliphatic rings. The first-order valence-electron chi connectivity index (χ1n) is 7.17. The van der Waals surface area contributed by atoms with Crippen LogP contribution in [0.4, 0.5) is 0 Å². The van der Waals surface area contributed by atoms with E-state index in [1.165, 1.54) is 24.3 Å². The van der Waals surface area contributed by atoms with Gasteiger partial charge < -0.3 is 10.4 Å². The summed E-state index contributed by atoms with van der Waals surface area (Å²) >= 11 is 0.815. The number of amides is 1. The average molecular weight is 367 g/mol. The Morgan fingerprint density at radius 2 is 1.71 bits per heavy atom. The molecule has 24 heavy (non-hydrogen) atoms. The summed E-state index contributed by atoms with van der Waals surface area (Å²) in [5.74, 6) is -2.03. The van der Waals surface area contributed by atoms with Gasteiger partial charge in [-0.3, -0.25) is 4.79 Å². The van der Waals surface area contributed by atoms with Gasteiger partial charge in [-0.1, -0.05) is 32.0 Å². The second-order valence-corrected chi connectivity index (χ2v) is 8.73. The fourth-order valence-corrected chi connectivity index (χ4v) is 4.66. The van der Waals surface area contributed by atoms with Crippen molar-refractivity contribution < 1.29 is 23.1 Å². The standard InChI is InChI=1S/C16H17NO5S2/c1-10(2)14(16(19)20)17-15(18)12-8-9-13(23-12)24(21,22)11-6-4-3-5-7-11/h3-10,14H,1-2H3,(H,17,18)(H,19,20). The van der Waals surface area contributed by atoms with E-state index >= 15 is 0 Å². The number of benzene rings is 1. The molecule has 1 aromatic carbocycles. The Morgan fingerprint density at radius 1 is 1.08 bits per heavy atom.